The van der Waals surface area contributed by atoms with Crippen molar-refractivity contribution >= 4 is 58.5 Å². The molecule has 2 aliphatic rings. The van der Waals surface area contributed by atoms with Crippen LogP contribution in [0.15, 0.2) is 97.1 Å². The summed E-state index contributed by atoms with van der Waals surface area (Å²) in [6.45, 7) is 26.4. The summed E-state index contributed by atoms with van der Waals surface area (Å²) in [5, 5.41) is 30.3. The zero-order valence-electron chi connectivity index (χ0n) is 55.6. The smallest absolute Gasteiger partial charge is 0.313 e. The first-order valence-corrected chi connectivity index (χ1v) is 31.6. The fourth-order valence-corrected chi connectivity index (χ4v) is 10.5. The molecule has 8 rings (SSSR count). The van der Waals surface area contributed by atoms with Crippen LogP contribution in [0.5, 0.6) is 0 Å². The van der Waals surface area contributed by atoms with Crippen molar-refractivity contribution < 1.29 is 47.8 Å². The molecule has 0 bridgehead atoms. The fourth-order valence-electron chi connectivity index (χ4n) is 10.5. The maximum Gasteiger partial charge on any atom is 0.313 e. The highest BCUT2D eigenvalue weighted by atomic mass is 16.5. The van der Waals surface area contributed by atoms with E-state index in [1.54, 1.807) is 14.5 Å². The zero-order valence-corrected chi connectivity index (χ0v) is 55.6. The van der Waals surface area contributed by atoms with E-state index in [1.165, 1.54) is 0 Å². The summed E-state index contributed by atoms with van der Waals surface area (Å²) in [6, 6.07) is 30.6. The quantitative estimate of drug-likeness (QED) is 0.0249. The summed E-state index contributed by atoms with van der Waals surface area (Å²) in [7, 11) is 0. The lowest BCUT2D eigenvalue weighted by Gasteiger charge is -2.29. The van der Waals surface area contributed by atoms with Gasteiger partial charge in [-0.3, -0.25) is 49.0 Å². The van der Waals surface area contributed by atoms with Gasteiger partial charge < -0.3 is 29.9 Å². The molecule has 92 heavy (non-hydrogen) atoms. The van der Waals surface area contributed by atoms with Gasteiger partial charge in [-0.25, -0.2) is 9.36 Å². The van der Waals surface area contributed by atoms with Crippen LogP contribution in [0.2, 0.25) is 0 Å². The molecule has 0 fully saturated rings. The highest BCUT2D eigenvalue weighted by Crippen LogP contribution is 2.43. The number of ether oxygens (including phenoxy) is 2. The van der Waals surface area contributed by atoms with Gasteiger partial charge in [-0.05, 0) is 101 Å². The van der Waals surface area contributed by atoms with E-state index in [9.17, 15) is 38.4 Å². The number of anilines is 2. The van der Waals surface area contributed by atoms with Gasteiger partial charge in [0.25, 0.3) is 0 Å². The Kier molecular flexibility index (Phi) is 24.2. The third kappa shape index (κ3) is 21.2. The number of carbonyl (C=O) groups is 8. The number of fused-ring (bicyclic) bond motifs is 10. The number of rotatable bonds is 24. The normalized spacial score (nSPS) is 12.7. The Morgan fingerprint density at radius 1 is 0.457 bits per heavy atom. The third-order valence-corrected chi connectivity index (χ3v) is 15.1. The molecule has 0 unspecified atom stereocenters. The molecule has 0 saturated carbocycles. The van der Waals surface area contributed by atoms with Crippen molar-refractivity contribution in [3.63, 3.8) is 0 Å². The lowest BCUT2D eigenvalue weighted by atomic mass is 9.89. The molecule has 4 aromatic carbocycles. The Balaban J connectivity index is 0.000000261. The van der Waals surface area contributed by atoms with Gasteiger partial charge in [0.1, 0.15) is 67.5 Å². The molecule has 0 radical (unpaired) electrons. The molecule has 0 aliphatic carbocycles. The van der Waals surface area contributed by atoms with Crippen LogP contribution in [-0.4, -0.2) is 115 Å². The number of ketones is 2. The van der Waals surface area contributed by atoms with Crippen LogP contribution < -0.4 is 31.1 Å². The van der Waals surface area contributed by atoms with Gasteiger partial charge in [0.05, 0.1) is 56.6 Å². The summed E-state index contributed by atoms with van der Waals surface area (Å²) in [6.07, 6.45) is 2.55. The highest BCUT2D eigenvalue weighted by Gasteiger charge is 2.33. The maximum absolute atomic E-state index is 13.7. The molecule has 0 spiro atoms. The van der Waals surface area contributed by atoms with Gasteiger partial charge in [-0.1, -0.05) is 137 Å². The average Bonchev–Trinajstić information content (AvgIpc) is 1.49. The Morgan fingerprint density at radius 2 is 0.826 bits per heavy atom. The van der Waals surface area contributed by atoms with Crippen LogP contribution in [0, 0.1) is 10.8 Å². The molecule has 492 valence electrons. The second-order valence-corrected chi connectivity index (χ2v) is 27.8. The molecule has 22 nitrogen and oxygen atoms in total. The van der Waals surface area contributed by atoms with Crippen LogP contribution in [0.1, 0.15) is 158 Å². The van der Waals surface area contributed by atoms with Crippen molar-refractivity contribution in [2.45, 2.75) is 185 Å². The average molecular weight is 1260 g/mol. The predicted molar refractivity (Wildman–Crippen MR) is 353 cm³/mol. The number of nitrogens with one attached hydrogen (secondary N) is 4. The van der Waals surface area contributed by atoms with Crippen LogP contribution in [0.25, 0.3) is 45.0 Å². The van der Waals surface area contributed by atoms with Crippen molar-refractivity contribution in [1.82, 2.24) is 51.3 Å². The van der Waals surface area contributed by atoms with Crippen LogP contribution in [0.3, 0.4) is 0 Å². The highest BCUT2D eigenvalue weighted by molar-refractivity contribution is 6.09. The zero-order chi connectivity index (χ0) is 67.0. The molecule has 4 amide bonds. The molecule has 0 saturated heterocycles. The summed E-state index contributed by atoms with van der Waals surface area (Å²) < 4.78 is 13.9. The largest absolute Gasteiger partial charge is 0.463 e. The summed E-state index contributed by atoms with van der Waals surface area (Å²) in [4.78, 5) is 105. The Labute approximate surface area is 540 Å². The molecular formula is C70H92N12O10. The lowest BCUT2D eigenvalue weighted by molar-refractivity contribution is -0.147. The van der Waals surface area contributed by atoms with Gasteiger partial charge in [-0.15, -0.1) is 10.2 Å². The number of Topliss-reactive ketones (excluding diaryl/α,β-unsaturated/α-hetero) is 2. The monoisotopic (exact) mass is 1260 g/mol. The topological polar surface area (TPSA) is 271 Å². The number of hydrogen-bond donors (Lipinski definition) is 4. The molecule has 4 N–H and O–H groups in total. The van der Waals surface area contributed by atoms with Crippen molar-refractivity contribution in [3.8, 4) is 45.0 Å². The Morgan fingerprint density at radius 3 is 1.27 bits per heavy atom. The number of para-hydroxylation sites is 2. The molecular weight excluding hydrogens is 1170 g/mol. The maximum atomic E-state index is 13.7. The van der Waals surface area contributed by atoms with E-state index in [-0.39, 0.29) is 97.5 Å². The molecule has 4 heterocycles. The van der Waals surface area contributed by atoms with Gasteiger partial charge in [0.15, 0.2) is 0 Å². The first-order chi connectivity index (χ1) is 43.4. The number of benzene rings is 4. The first-order valence-electron chi connectivity index (χ1n) is 31.6. The second-order valence-electron chi connectivity index (χ2n) is 27.8. The lowest BCUT2D eigenvalue weighted by Crippen LogP contribution is -2.38. The Bertz CT molecular complexity index is 3600. The van der Waals surface area contributed by atoms with Crippen LogP contribution in [0.4, 0.5) is 11.4 Å². The van der Waals surface area contributed by atoms with Crippen molar-refractivity contribution in [2.24, 2.45) is 10.8 Å². The summed E-state index contributed by atoms with van der Waals surface area (Å²) in [5.74, 6) is -3.30. The molecule has 2 aromatic heterocycles. The van der Waals surface area contributed by atoms with E-state index in [0.29, 0.717) is 43.2 Å². The fraction of sp³-hybridized carbons (Fsp3) is 0.486. The Hall–Kier alpha value is -8.76. The van der Waals surface area contributed by atoms with Gasteiger partial charge in [-0.2, -0.15) is 0 Å². The van der Waals surface area contributed by atoms with E-state index in [2.05, 4.69) is 125 Å². The number of carbonyl (C=O) groups excluding carboxylic acids is 8. The minimum absolute atomic E-state index is 0.0322. The van der Waals surface area contributed by atoms with Crippen LogP contribution >= 0.6 is 0 Å². The van der Waals surface area contributed by atoms with Crippen molar-refractivity contribution in [1.29, 1.82) is 0 Å². The SMILES string of the molecule is CC(C)(C)CCCC(=O)CC(=O)OCCNC(=O)CC(=O)N1Cc2ccccc2-c2c(nnn2CNC(C)(C)C)-c2ccccc21.CC(C)(C)CCCC(=O)CC(=O)OCCNC(=O)CC(=O)N1Cc2ccccc2-c2nnn(CNC(C)(C)C)c2-c2ccccc21. The van der Waals surface area contributed by atoms with Crippen LogP contribution in [-0.2, 0) is 74.3 Å². The van der Waals surface area contributed by atoms with Gasteiger partial charge >= 0.3 is 11.9 Å². The number of esters is 2. The number of nitrogens with zero attached hydrogens (tertiary/aromatic N) is 8. The predicted octanol–water partition coefficient (Wildman–Crippen LogP) is 10.1. The van der Waals surface area contributed by atoms with E-state index >= 15 is 0 Å². The summed E-state index contributed by atoms with van der Waals surface area (Å²) in [5.41, 5.74) is 9.33. The van der Waals surface area contributed by atoms with Gasteiger partial charge in [0, 0.05) is 46.2 Å². The van der Waals surface area contributed by atoms with E-state index in [0.717, 1.165) is 76.1 Å². The van der Waals surface area contributed by atoms with E-state index in [1.807, 2.05) is 102 Å². The first kappa shape index (κ1) is 70.7. The van der Waals surface area contributed by atoms with E-state index in [4.69, 9.17) is 9.47 Å². The summed E-state index contributed by atoms with van der Waals surface area (Å²) >= 11 is 0. The minimum atomic E-state index is -0.618. The number of hydrogen-bond acceptors (Lipinski definition) is 16. The third-order valence-electron chi connectivity index (χ3n) is 15.1. The molecule has 6 aromatic rings. The standard InChI is InChI=1S/2C35H46N6O5/c1-34(2,3)17-11-13-25(42)20-31(45)46-19-18-36-29(43)21-30(44)40-22-24-12-7-8-14-26(24)33-32(27-15-9-10-16-28(27)40)38-39-41(33)23-37-35(4,5)6;1-34(2,3)17-11-13-25(42)20-31(45)46-19-18-36-29(43)21-30(44)40-22-24-12-7-8-14-26(24)32-33(27-15-9-10-16-28(27)40)41(39-38-32)23-37-35(4,5)6/h2*7-10,12,14-16,37H,11,13,17-23H2,1-6H3,(H,36,43). The van der Waals surface area contributed by atoms with Crippen molar-refractivity contribution in [2.75, 3.05) is 36.1 Å². The van der Waals surface area contributed by atoms with E-state index < -0.39 is 36.6 Å². The number of amides is 4. The second kappa shape index (κ2) is 31.5. The van der Waals surface area contributed by atoms with Gasteiger partial charge in [0.2, 0.25) is 23.6 Å². The van der Waals surface area contributed by atoms with Crippen molar-refractivity contribution in [3.05, 3.63) is 108 Å². The molecule has 0 atom stereocenters. The number of aromatic nitrogens is 6. The molecule has 2 aliphatic heterocycles. The molecule has 22 heteroatoms. The minimum Gasteiger partial charge on any atom is -0.463 e.